The van der Waals surface area contributed by atoms with Gasteiger partial charge in [-0.05, 0) is 43.9 Å². The van der Waals surface area contributed by atoms with E-state index in [-0.39, 0.29) is 68.5 Å². The Kier molecular flexibility index (Phi) is 6.39. The minimum Gasteiger partial charge on any atom is -0.466 e. The largest absolute Gasteiger partial charge is 0.466 e. The Morgan fingerprint density at radius 2 is 1.91 bits per heavy atom. The number of nitrogens with zero attached hydrogens (tertiary/aromatic N) is 2. The van der Waals surface area contributed by atoms with E-state index in [1.807, 2.05) is 0 Å². The van der Waals surface area contributed by atoms with Gasteiger partial charge in [0, 0.05) is 31.6 Å². The quantitative estimate of drug-likeness (QED) is 0.445. The molecule has 1 aromatic carbocycles. The van der Waals surface area contributed by atoms with E-state index in [0.717, 1.165) is 0 Å². The molecule has 11 nitrogen and oxygen atoms in total. The first kappa shape index (κ1) is 23.2. The molecule has 3 aliphatic rings. The number of carbonyl (C=O) groups is 4. The molecule has 33 heavy (non-hydrogen) atoms. The molecule has 1 atom stereocenters. The van der Waals surface area contributed by atoms with E-state index in [0.29, 0.717) is 24.0 Å². The van der Waals surface area contributed by atoms with E-state index in [4.69, 9.17) is 4.74 Å². The fourth-order valence-corrected chi connectivity index (χ4v) is 5.67. The third-order valence-corrected chi connectivity index (χ3v) is 7.73. The summed E-state index contributed by atoms with van der Waals surface area (Å²) in [5.41, 5.74) is 1.24. The smallest absolute Gasteiger partial charge is 0.309 e. The normalized spacial score (nSPS) is 22.2. The molecule has 3 heterocycles. The average molecular weight is 479 g/mol. The van der Waals surface area contributed by atoms with E-state index in [1.165, 1.54) is 15.3 Å². The highest BCUT2D eigenvalue weighted by Crippen LogP contribution is 2.30. The summed E-state index contributed by atoms with van der Waals surface area (Å²) in [6.07, 6.45) is 1.17. The van der Waals surface area contributed by atoms with Gasteiger partial charge >= 0.3 is 16.2 Å². The minimum atomic E-state index is -3.88. The summed E-state index contributed by atoms with van der Waals surface area (Å²) < 4.78 is 34.5. The zero-order valence-electron chi connectivity index (χ0n) is 18.2. The molecule has 0 aliphatic carbocycles. The van der Waals surface area contributed by atoms with E-state index in [1.54, 1.807) is 19.1 Å². The van der Waals surface area contributed by atoms with Crippen LogP contribution in [0.4, 0.5) is 5.69 Å². The number of carbonyl (C=O) groups excluding carboxylic acids is 4. The van der Waals surface area contributed by atoms with Crippen molar-refractivity contribution in [1.29, 1.82) is 0 Å². The van der Waals surface area contributed by atoms with Gasteiger partial charge in [-0.2, -0.15) is 12.7 Å². The Balaban J connectivity index is 1.42. The number of anilines is 1. The average Bonchev–Trinajstić information content (AvgIpc) is 3.09. The third kappa shape index (κ3) is 4.71. The lowest BCUT2D eigenvalue weighted by Gasteiger charge is -2.30. The number of fused-ring (bicyclic) bond motifs is 1. The maximum absolute atomic E-state index is 12.9. The number of hydrogen-bond acceptors (Lipinski definition) is 7. The van der Waals surface area contributed by atoms with Crippen LogP contribution in [0.15, 0.2) is 18.2 Å². The topological polar surface area (TPSA) is 142 Å². The lowest BCUT2D eigenvalue weighted by atomic mass is 9.98. The molecule has 4 rings (SSSR count). The van der Waals surface area contributed by atoms with E-state index in [9.17, 15) is 27.6 Å². The lowest BCUT2D eigenvalue weighted by molar-refractivity contribution is -0.149. The van der Waals surface area contributed by atoms with Gasteiger partial charge < -0.3 is 9.64 Å². The van der Waals surface area contributed by atoms with E-state index >= 15 is 0 Å². The van der Waals surface area contributed by atoms with Crippen molar-refractivity contribution in [3.05, 3.63) is 29.3 Å². The highest BCUT2D eigenvalue weighted by Gasteiger charge is 2.39. The molecular weight excluding hydrogens is 452 g/mol. The standard InChI is InChI=1S/C21H26N4O7S/c1-2-32-21(29)13-7-9-24(10-8-13)33(30,31)23-15-4-3-14-12-25(20(28)16(14)11-15)17-5-6-18(26)22-19(17)27/h3-4,11,13,17,23H,2,5-10,12H2,1H3,(H,22,26,27). The molecule has 0 aromatic heterocycles. The van der Waals surface area contributed by atoms with Crippen LogP contribution in [0.3, 0.4) is 0 Å². The Morgan fingerprint density at radius 3 is 2.58 bits per heavy atom. The summed E-state index contributed by atoms with van der Waals surface area (Å²) in [5.74, 6) is -1.86. The van der Waals surface area contributed by atoms with Crippen LogP contribution >= 0.6 is 0 Å². The molecule has 1 aromatic rings. The van der Waals surface area contributed by atoms with Crippen LogP contribution in [-0.4, -0.2) is 67.1 Å². The predicted octanol–water partition coefficient (Wildman–Crippen LogP) is 0.379. The third-order valence-electron chi connectivity index (χ3n) is 6.19. The first-order chi connectivity index (χ1) is 15.7. The highest BCUT2D eigenvalue weighted by molar-refractivity contribution is 7.90. The SMILES string of the molecule is CCOC(=O)C1CCN(S(=O)(=O)Nc2ccc3c(c2)C(=O)N(C2CCC(=O)NC2=O)C3)CC1. The fourth-order valence-electron chi connectivity index (χ4n) is 4.42. The monoisotopic (exact) mass is 478 g/mol. The van der Waals surface area contributed by atoms with Gasteiger partial charge in [-0.15, -0.1) is 0 Å². The summed E-state index contributed by atoms with van der Waals surface area (Å²) in [4.78, 5) is 49.8. The Labute approximate surface area is 191 Å². The van der Waals surface area contributed by atoms with Crippen molar-refractivity contribution in [2.45, 2.75) is 45.2 Å². The number of ether oxygens (including phenoxy) is 1. The lowest BCUT2D eigenvalue weighted by Crippen LogP contribution is -2.52. The summed E-state index contributed by atoms with van der Waals surface area (Å²) >= 11 is 0. The summed E-state index contributed by atoms with van der Waals surface area (Å²) in [6.45, 7) is 2.61. The van der Waals surface area contributed by atoms with Gasteiger partial charge in [0.25, 0.3) is 5.91 Å². The van der Waals surface area contributed by atoms with Crippen LogP contribution in [-0.2, 0) is 35.9 Å². The molecule has 3 aliphatic heterocycles. The van der Waals surface area contributed by atoms with Crippen molar-refractivity contribution in [2.75, 3.05) is 24.4 Å². The van der Waals surface area contributed by atoms with Gasteiger partial charge in [-0.25, -0.2) is 0 Å². The number of piperidine rings is 2. The van der Waals surface area contributed by atoms with Crippen molar-refractivity contribution in [3.8, 4) is 0 Å². The number of hydrogen-bond donors (Lipinski definition) is 2. The van der Waals surface area contributed by atoms with Crippen molar-refractivity contribution in [1.82, 2.24) is 14.5 Å². The molecule has 2 saturated heterocycles. The molecule has 0 saturated carbocycles. The van der Waals surface area contributed by atoms with Crippen LogP contribution in [0, 0.1) is 5.92 Å². The molecule has 2 fully saturated rings. The maximum atomic E-state index is 12.9. The second kappa shape index (κ2) is 9.10. The van der Waals surface area contributed by atoms with Gasteiger partial charge in [0.1, 0.15) is 6.04 Å². The van der Waals surface area contributed by atoms with E-state index in [2.05, 4.69) is 10.0 Å². The number of nitrogens with one attached hydrogen (secondary N) is 2. The molecule has 2 N–H and O–H groups in total. The first-order valence-electron chi connectivity index (χ1n) is 10.9. The number of rotatable bonds is 6. The number of amides is 3. The minimum absolute atomic E-state index is 0.161. The van der Waals surface area contributed by atoms with Gasteiger partial charge in [0.2, 0.25) is 11.8 Å². The van der Waals surface area contributed by atoms with Crippen LogP contribution in [0.2, 0.25) is 0 Å². The highest BCUT2D eigenvalue weighted by atomic mass is 32.2. The Hall–Kier alpha value is -2.99. The molecule has 1 unspecified atom stereocenters. The van der Waals surface area contributed by atoms with Crippen molar-refractivity contribution >= 4 is 39.6 Å². The first-order valence-corrected chi connectivity index (χ1v) is 12.4. The molecular formula is C21H26N4O7S. The number of esters is 1. The van der Waals surface area contributed by atoms with Gasteiger partial charge in [0.05, 0.1) is 18.2 Å². The van der Waals surface area contributed by atoms with Gasteiger partial charge in [-0.3, -0.25) is 29.2 Å². The molecule has 12 heteroatoms. The molecule has 178 valence electrons. The summed E-state index contributed by atoms with van der Waals surface area (Å²) in [7, 11) is -3.88. The number of benzene rings is 1. The van der Waals surface area contributed by atoms with Crippen LogP contribution in [0.1, 0.15) is 48.5 Å². The number of imide groups is 1. The summed E-state index contributed by atoms with van der Waals surface area (Å²) in [5, 5.41) is 2.25. The zero-order valence-corrected chi connectivity index (χ0v) is 19.0. The van der Waals surface area contributed by atoms with E-state index < -0.39 is 22.2 Å². The molecule has 3 amide bonds. The van der Waals surface area contributed by atoms with Crippen molar-refractivity contribution < 1.29 is 32.3 Å². The van der Waals surface area contributed by atoms with Gasteiger partial charge in [0.15, 0.2) is 0 Å². The Morgan fingerprint density at radius 1 is 1.18 bits per heavy atom. The van der Waals surface area contributed by atoms with Crippen LogP contribution in [0.5, 0.6) is 0 Å². The summed E-state index contributed by atoms with van der Waals surface area (Å²) in [6, 6.07) is 3.96. The molecule has 0 spiro atoms. The van der Waals surface area contributed by atoms with Crippen LogP contribution < -0.4 is 10.0 Å². The fraction of sp³-hybridized carbons (Fsp3) is 0.524. The predicted molar refractivity (Wildman–Crippen MR) is 116 cm³/mol. The second-order valence-corrected chi connectivity index (χ2v) is 9.98. The zero-order chi connectivity index (χ0) is 23.8. The Bertz CT molecular complexity index is 1100. The van der Waals surface area contributed by atoms with Crippen LogP contribution in [0.25, 0.3) is 0 Å². The molecule has 0 radical (unpaired) electrons. The molecule has 0 bridgehead atoms. The van der Waals surface area contributed by atoms with Crippen molar-refractivity contribution in [2.24, 2.45) is 5.92 Å². The van der Waals surface area contributed by atoms with Crippen molar-refractivity contribution in [3.63, 3.8) is 0 Å². The van der Waals surface area contributed by atoms with Gasteiger partial charge in [-0.1, -0.05) is 6.07 Å². The second-order valence-electron chi connectivity index (χ2n) is 8.30. The maximum Gasteiger partial charge on any atom is 0.309 e.